The number of alkyl halides is 3. The second-order valence-corrected chi connectivity index (χ2v) is 9.14. The number of hydrogen-bond donors (Lipinski definition) is 0. The normalized spacial score (nSPS) is 21.4. The molecule has 3 aromatic rings. The predicted octanol–water partition coefficient (Wildman–Crippen LogP) is 3.28. The third-order valence-corrected chi connectivity index (χ3v) is 6.36. The van der Waals surface area contributed by atoms with Crippen LogP contribution >= 0.6 is 0 Å². The van der Waals surface area contributed by atoms with Crippen molar-refractivity contribution >= 4 is 10.1 Å². The largest absolute Gasteiger partial charge is 0.416 e. The van der Waals surface area contributed by atoms with E-state index in [2.05, 4.69) is 10.1 Å². The second kappa shape index (κ2) is 8.86. The molecular formula is C21H20F3N3O5S. The van der Waals surface area contributed by atoms with Gasteiger partial charge in [0.05, 0.1) is 23.7 Å². The van der Waals surface area contributed by atoms with Gasteiger partial charge in [-0.15, -0.1) is 0 Å². The van der Waals surface area contributed by atoms with E-state index in [1.54, 1.807) is 12.1 Å². The lowest BCUT2D eigenvalue weighted by Crippen LogP contribution is -2.34. The summed E-state index contributed by atoms with van der Waals surface area (Å²) in [5.41, 5.74) is 0.398. The summed E-state index contributed by atoms with van der Waals surface area (Å²) in [4.78, 5) is 3.85. The van der Waals surface area contributed by atoms with Crippen molar-refractivity contribution in [2.24, 2.45) is 0 Å². The Morgan fingerprint density at radius 2 is 1.85 bits per heavy atom. The van der Waals surface area contributed by atoms with Crippen LogP contribution in [0.15, 0.2) is 66.1 Å². The summed E-state index contributed by atoms with van der Waals surface area (Å²) in [5, 5.41) is 4.00. The summed E-state index contributed by atoms with van der Waals surface area (Å²) < 4.78 is 82.3. The molecule has 4 rings (SSSR count). The van der Waals surface area contributed by atoms with Crippen LogP contribution < -0.4 is 0 Å². The van der Waals surface area contributed by atoms with Gasteiger partial charge in [0.2, 0.25) is 5.79 Å². The van der Waals surface area contributed by atoms with Crippen molar-refractivity contribution < 1.29 is 35.2 Å². The highest BCUT2D eigenvalue weighted by Crippen LogP contribution is 2.38. The maximum Gasteiger partial charge on any atom is 0.416 e. The van der Waals surface area contributed by atoms with Crippen LogP contribution in [-0.4, -0.2) is 42.5 Å². The summed E-state index contributed by atoms with van der Waals surface area (Å²) >= 11 is 0. The van der Waals surface area contributed by atoms with Crippen LogP contribution in [0, 0.1) is 6.92 Å². The van der Waals surface area contributed by atoms with Gasteiger partial charge in [0.25, 0.3) is 10.1 Å². The monoisotopic (exact) mass is 483 g/mol. The fourth-order valence-corrected chi connectivity index (χ4v) is 4.29. The maximum absolute atomic E-state index is 13.0. The van der Waals surface area contributed by atoms with E-state index in [9.17, 15) is 21.6 Å². The minimum atomic E-state index is -4.49. The molecule has 0 saturated carbocycles. The zero-order valence-electron chi connectivity index (χ0n) is 17.4. The van der Waals surface area contributed by atoms with Crippen LogP contribution in [0.3, 0.4) is 0 Å². The summed E-state index contributed by atoms with van der Waals surface area (Å²) in [6.07, 6.45) is -2.58. The first-order valence-electron chi connectivity index (χ1n) is 9.85. The fraction of sp³-hybridized carbons (Fsp3) is 0.333. The first-order chi connectivity index (χ1) is 15.6. The number of ether oxygens (including phenoxy) is 2. The fourth-order valence-electron chi connectivity index (χ4n) is 3.35. The molecule has 33 heavy (non-hydrogen) atoms. The summed E-state index contributed by atoms with van der Waals surface area (Å²) in [6, 6.07) is 10.5. The van der Waals surface area contributed by atoms with Crippen molar-refractivity contribution in [2.75, 3.05) is 13.2 Å². The Morgan fingerprint density at radius 3 is 2.45 bits per heavy atom. The molecule has 8 nitrogen and oxygen atoms in total. The quantitative estimate of drug-likeness (QED) is 0.476. The van der Waals surface area contributed by atoms with Crippen molar-refractivity contribution in [3.8, 4) is 0 Å². The van der Waals surface area contributed by atoms with E-state index in [-0.39, 0.29) is 24.7 Å². The molecule has 2 aromatic carbocycles. The molecule has 0 radical (unpaired) electrons. The molecule has 176 valence electrons. The molecule has 0 spiro atoms. The van der Waals surface area contributed by atoms with Gasteiger partial charge in [0.1, 0.15) is 25.3 Å². The number of halogens is 3. The number of aromatic nitrogens is 3. The highest BCUT2D eigenvalue weighted by atomic mass is 32.2. The van der Waals surface area contributed by atoms with Crippen LogP contribution in [-0.2, 0) is 42.3 Å². The molecule has 0 amide bonds. The van der Waals surface area contributed by atoms with Crippen molar-refractivity contribution in [1.29, 1.82) is 0 Å². The molecule has 1 aliphatic rings. The van der Waals surface area contributed by atoms with E-state index in [4.69, 9.17) is 13.7 Å². The third-order valence-electron chi connectivity index (χ3n) is 5.07. The molecule has 1 saturated heterocycles. The molecule has 0 N–H and O–H groups in total. The summed E-state index contributed by atoms with van der Waals surface area (Å²) in [5.74, 6) is -1.50. The zero-order chi connectivity index (χ0) is 23.7. The Hall–Kier alpha value is -2.80. The van der Waals surface area contributed by atoms with Crippen LogP contribution in [0.2, 0.25) is 0 Å². The van der Waals surface area contributed by atoms with Gasteiger partial charge < -0.3 is 9.47 Å². The zero-order valence-corrected chi connectivity index (χ0v) is 18.2. The summed E-state index contributed by atoms with van der Waals surface area (Å²) in [6.45, 7) is 1.44. The van der Waals surface area contributed by atoms with Crippen LogP contribution in [0.1, 0.15) is 16.7 Å². The van der Waals surface area contributed by atoms with Gasteiger partial charge in [-0.05, 0) is 31.2 Å². The summed E-state index contributed by atoms with van der Waals surface area (Å²) in [7, 11) is -4.03. The lowest BCUT2D eigenvalue weighted by molar-refractivity contribution is -0.190. The Morgan fingerprint density at radius 1 is 1.15 bits per heavy atom. The maximum atomic E-state index is 13.0. The van der Waals surface area contributed by atoms with Crippen molar-refractivity contribution in [1.82, 2.24) is 14.8 Å². The van der Waals surface area contributed by atoms with Gasteiger partial charge >= 0.3 is 6.18 Å². The predicted molar refractivity (Wildman–Crippen MR) is 108 cm³/mol. The highest BCUT2D eigenvalue weighted by Gasteiger charge is 2.45. The molecule has 2 atom stereocenters. The molecule has 1 fully saturated rings. The number of rotatable bonds is 7. The number of aryl methyl sites for hydroxylation is 1. The SMILES string of the molecule is Cc1ccc(S(=O)(=O)OCC2COC(Cn3cncn3)(c3ccc(C(F)(F)F)cc3)O2)cc1. The molecule has 2 unspecified atom stereocenters. The minimum Gasteiger partial charge on any atom is -0.342 e. The Balaban J connectivity index is 1.52. The van der Waals surface area contributed by atoms with Crippen LogP contribution in [0.25, 0.3) is 0 Å². The number of benzene rings is 2. The smallest absolute Gasteiger partial charge is 0.342 e. The molecule has 0 bridgehead atoms. The molecule has 1 aromatic heterocycles. The molecule has 1 aliphatic heterocycles. The van der Waals surface area contributed by atoms with E-state index in [0.717, 1.165) is 17.7 Å². The Bertz CT molecular complexity index is 1180. The molecule has 12 heteroatoms. The molecular weight excluding hydrogens is 463 g/mol. The van der Waals surface area contributed by atoms with Gasteiger partial charge in [-0.2, -0.15) is 26.7 Å². The number of hydrogen-bond acceptors (Lipinski definition) is 7. The van der Waals surface area contributed by atoms with Gasteiger partial charge in [0.15, 0.2) is 0 Å². The Labute approximate surface area is 188 Å². The highest BCUT2D eigenvalue weighted by molar-refractivity contribution is 7.86. The van der Waals surface area contributed by atoms with Gasteiger partial charge in [0, 0.05) is 5.56 Å². The average molecular weight is 483 g/mol. The minimum absolute atomic E-state index is 0.00336. The molecule has 0 aliphatic carbocycles. The van der Waals surface area contributed by atoms with Crippen molar-refractivity contribution in [3.05, 3.63) is 77.9 Å². The Kier molecular flexibility index (Phi) is 6.27. The lowest BCUT2D eigenvalue weighted by Gasteiger charge is -2.28. The van der Waals surface area contributed by atoms with E-state index in [1.165, 1.54) is 41.6 Å². The van der Waals surface area contributed by atoms with Crippen molar-refractivity contribution in [2.45, 2.75) is 36.4 Å². The number of nitrogens with zero attached hydrogens (tertiary/aromatic N) is 3. The van der Waals surface area contributed by atoms with Gasteiger partial charge in [-0.3, -0.25) is 4.18 Å². The van der Waals surface area contributed by atoms with Gasteiger partial charge in [-0.1, -0.05) is 29.8 Å². The topological polar surface area (TPSA) is 92.5 Å². The second-order valence-electron chi connectivity index (χ2n) is 7.52. The van der Waals surface area contributed by atoms with E-state index in [1.807, 2.05) is 6.92 Å². The van der Waals surface area contributed by atoms with E-state index >= 15 is 0 Å². The average Bonchev–Trinajstić information content (AvgIpc) is 3.43. The lowest BCUT2D eigenvalue weighted by atomic mass is 10.0. The third kappa shape index (κ3) is 5.24. The van der Waals surface area contributed by atoms with E-state index < -0.39 is 33.7 Å². The first-order valence-corrected chi connectivity index (χ1v) is 11.3. The first kappa shape index (κ1) is 23.4. The van der Waals surface area contributed by atoms with Gasteiger partial charge in [-0.25, -0.2) is 9.67 Å². The standard InChI is InChI=1S/C21H20F3N3O5S/c1-15-2-8-19(9-3-15)33(28,29)31-11-18-10-30-20(32-18,12-27-14-25-13-26-27)16-4-6-17(7-5-16)21(22,23)24/h2-9,13-14,18H,10-12H2,1H3. The van der Waals surface area contributed by atoms with Crippen LogP contribution in [0.4, 0.5) is 13.2 Å². The van der Waals surface area contributed by atoms with Crippen molar-refractivity contribution in [3.63, 3.8) is 0 Å². The van der Waals surface area contributed by atoms with E-state index in [0.29, 0.717) is 5.56 Å². The van der Waals surface area contributed by atoms with Crippen LogP contribution in [0.5, 0.6) is 0 Å². The molecule has 2 heterocycles.